The lowest BCUT2D eigenvalue weighted by Crippen LogP contribution is -2.41. The van der Waals surface area contributed by atoms with Crippen molar-refractivity contribution in [3.8, 4) is 0 Å². The molecule has 6 heteroatoms. The van der Waals surface area contributed by atoms with Gasteiger partial charge in [-0.25, -0.2) is 4.79 Å². The van der Waals surface area contributed by atoms with Crippen molar-refractivity contribution in [1.29, 1.82) is 0 Å². The number of nitrogens with one attached hydrogen (secondary N) is 1. The van der Waals surface area contributed by atoms with Crippen LogP contribution in [0.3, 0.4) is 0 Å². The monoisotopic (exact) mass is 320 g/mol. The molecule has 0 aliphatic rings. The topological polar surface area (TPSA) is 86.7 Å². The zero-order valence-corrected chi connectivity index (χ0v) is 15.6. The van der Waals surface area contributed by atoms with E-state index in [2.05, 4.69) is 5.32 Å². The Morgan fingerprint density at radius 2 is 1.59 bits per heavy atom. The summed E-state index contributed by atoms with van der Waals surface area (Å²) in [5.74, 6) is -1.15. The lowest BCUT2D eigenvalue weighted by atomic mass is 10.1. The Kier molecular flexibility index (Phi) is 32.1. The van der Waals surface area contributed by atoms with Crippen LogP contribution in [0.4, 0.5) is 0 Å². The van der Waals surface area contributed by atoms with Gasteiger partial charge in [0.15, 0.2) is 0 Å². The van der Waals surface area contributed by atoms with Gasteiger partial charge in [0.05, 0.1) is 0 Å². The van der Waals surface area contributed by atoms with E-state index in [1.54, 1.807) is 0 Å². The minimum absolute atomic E-state index is 0.212. The molecule has 0 aromatic rings. The number of carbonyl (C=O) groups excluding carboxylic acids is 2. The molecule has 0 fully saturated rings. The number of likely N-dealkylation sites (N-methyl/N-ethyl adjacent to an activating group) is 1. The van der Waals surface area contributed by atoms with Crippen LogP contribution in [0.2, 0.25) is 0 Å². The third-order valence-corrected chi connectivity index (χ3v) is 2.40. The number of nitrogens with zero attached hydrogens (tertiary/aromatic N) is 1. The second kappa shape index (κ2) is 24.6. The second-order valence-electron chi connectivity index (χ2n) is 3.82. The molecule has 2 N–H and O–H groups in total. The second-order valence-corrected chi connectivity index (χ2v) is 3.82. The van der Waals surface area contributed by atoms with E-state index in [1.807, 2.05) is 34.7 Å². The molecule has 1 amide bonds. The number of carboxylic acid groups (broad SMARTS) is 1. The first-order valence-electron chi connectivity index (χ1n) is 7.92. The molecule has 6 nitrogen and oxygen atoms in total. The molecule has 0 saturated heterocycles. The molecule has 0 heterocycles. The summed E-state index contributed by atoms with van der Waals surface area (Å²) in [6.07, 6.45) is 2.98. The summed E-state index contributed by atoms with van der Waals surface area (Å²) >= 11 is 0. The average molecular weight is 320 g/mol. The summed E-state index contributed by atoms with van der Waals surface area (Å²) < 4.78 is 0. The summed E-state index contributed by atoms with van der Waals surface area (Å²) in [6.45, 7) is 11.7. The van der Waals surface area contributed by atoms with Gasteiger partial charge in [0.2, 0.25) is 5.91 Å². The third kappa shape index (κ3) is 20.9. The van der Waals surface area contributed by atoms with Gasteiger partial charge in [-0.05, 0) is 39.8 Å². The van der Waals surface area contributed by atoms with Crippen LogP contribution in [-0.4, -0.2) is 54.9 Å². The molecule has 0 aliphatic carbocycles. The molecule has 0 bridgehead atoms. The van der Waals surface area contributed by atoms with E-state index in [9.17, 15) is 9.59 Å². The molecule has 22 heavy (non-hydrogen) atoms. The molecule has 0 aromatic carbocycles. The van der Waals surface area contributed by atoms with Crippen LogP contribution in [0.15, 0.2) is 0 Å². The Hall–Kier alpha value is -1.43. The average Bonchev–Trinajstić information content (AvgIpc) is 2.51. The summed E-state index contributed by atoms with van der Waals surface area (Å²) in [5.41, 5.74) is 0. The Morgan fingerprint density at radius 3 is 1.86 bits per heavy atom. The Labute approximate surface area is 136 Å². The van der Waals surface area contributed by atoms with Crippen molar-refractivity contribution in [2.75, 3.05) is 20.6 Å². The quantitative estimate of drug-likeness (QED) is 0.556. The van der Waals surface area contributed by atoms with E-state index < -0.39 is 12.0 Å². The van der Waals surface area contributed by atoms with Gasteiger partial charge < -0.3 is 20.1 Å². The smallest absolute Gasteiger partial charge is 0.326 e. The predicted molar refractivity (Wildman–Crippen MR) is 92.1 cm³/mol. The fourth-order valence-electron chi connectivity index (χ4n) is 1.34. The Morgan fingerprint density at radius 1 is 1.18 bits per heavy atom. The van der Waals surface area contributed by atoms with Gasteiger partial charge in [0.25, 0.3) is 0 Å². The highest BCUT2D eigenvalue weighted by Gasteiger charge is 2.23. The van der Waals surface area contributed by atoms with E-state index in [1.165, 1.54) is 25.8 Å². The van der Waals surface area contributed by atoms with E-state index in [0.717, 1.165) is 25.7 Å². The Bertz CT molecular complexity index is 259. The van der Waals surface area contributed by atoms with Crippen molar-refractivity contribution in [3.05, 3.63) is 0 Å². The number of carboxylic acids is 1. The molecular formula is C16H36N2O4. The van der Waals surface area contributed by atoms with E-state index in [0.29, 0.717) is 6.42 Å². The zero-order chi connectivity index (χ0) is 18.6. The van der Waals surface area contributed by atoms with Crippen LogP contribution >= 0.6 is 0 Å². The van der Waals surface area contributed by atoms with Crippen LogP contribution in [0, 0.1) is 0 Å². The maximum Gasteiger partial charge on any atom is 0.326 e. The summed E-state index contributed by atoms with van der Waals surface area (Å²) in [4.78, 5) is 32.0. The number of rotatable bonds is 7. The van der Waals surface area contributed by atoms with Crippen LogP contribution in [0.1, 0.15) is 60.8 Å². The van der Waals surface area contributed by atoms with Gasteiger partial charge in [0.1, 0.15) is 12.3 Å². The number of carbonyl (C=O) groups is 3. The number of hydrogen-bond donors (Lipinski definition) is 2. The van der Waals surface area contributed by atoms with E-state index in [-0.39, 0.29) is 5.91 Å². The molecule has 0 aliphatic heterocycles. The van der Waals surface area contributed by atoms with Gasteiger partial charge >= 0.3 is 5.97 Å². The van der Waals surface area contributed by atoms with Crippen molar-refractivity contribution in [3.63, 3.8) is 0 Å². The molecule has 1 unspecified atom stereocenters. The number of aldehydes is 1. The summed E-state index contributed by atoms with van der Waals surface area (Å²) in [6, 6.07) is -0.695. The highest BCUT2D eigenvalue weighted by Crippen LogP contribution is 2.07. The first-order valence-corrected chi connectivity index (χ1v) is 7.92. The molecular weight excluding hydrogens is 284 g/mol. The largest absolute Gasteiger partial charge is 0.480 e. The fourth-order valence-corrected chi connectivity index (χ4v) is 1.34. The first-order chi connectivity index (χ1) is 10.4. The molecule has 0 rings (SSSR count). The van der Waals surface area contributed by atoms with Crippen molar-refractivity contribution in [1.82, 2.24) is 10.2 Å². The van der Waals surface area contributed by atoms with Crippen molar-refractivity contribution in [2.45, 2.75) is 66.8 Å². The molecule has 0 aromatic heterocycles. The lowest BCUT2D eigenvalue weighted by molar-refractivity contribution is -0.148. The molecule has 0 saturated carbocycles. The fraction of sp³-hybridized carbons (Fsp3) is 0.812. The van der Waals surface area contributed by atoms with Crippen molar-refractivity contribution >= 4 is 18.2 Å². The molecule has 134 valence electrons. The SMILES string of the molecule is CC.CC.CC=O.CNCCCCC(C(=O)O)N(C)C(C)=O. The highest BCUT2D eigenvalue weighted by atomic mass is 16.4. The predicted octanol–water partition coefficient (Wildman–Crippen LogP) is 2.57. The molecule has 0 spiro atoms. The molecule has 1 atom stereocenters. The number of amides is 1. The maximum absolute atomic E-state index is 11.0. The van der Waals surface area contributed by atoms with E-state index in [4.69, 9.17) is 9.90 Å². The number of unbranched alkanes of at least 4 members (excludes halogenated alkanes) is 1. The minimum atomic E-state index is -0.933. The van der Waals surface area contributed by atoms with Crippen LogP contribution in [0.5, 0.6) is 0 Å². The first kappa shape index (κ1) is 28.7. The number of hydrogen-bond acceptors (Lipinski definition) is 4. The van der Waals surface area contributed by atoms with Crippen LogP contribution < -0.4 is 5.32 Å². The van der Waals surface area contributed by atoms with Gasteiger partial charge in [0, 0.05) is 14.0 Å². The minimum Gasteiger partial charge on any atom is -0.480 e. The van der Waals surface area contributed by atoms with Crippen molar-refractivity contribution < 1.29 is 19.5 Å². The third-order valence-electron chi connectivity index (χ3n) is 2.40. The summed E-state index contributed by atoms with van der Waals surface area (Å²) in [7, 11) is 3.38. The van der Waals surface area contributed by atoms with Gasteiger partial charge in [-0.3, -0.25) is 4.79 Å². The van der Waals surface area contributed by atoms with Crippen LogP contribution in [0.25, 0.3) is 0 Å². The van der Waals surface area contributed by atoms with Gasteiger partial charge in [-0.15, -0.1) is 0 Å². The molecule has 0 radical (unpaired) electrons. The standard InChI is InChI=1S/C10H20N2O3.C2H4O.2C2H6/c1-8(13)12(3)9(10(14)15)6-4-5-7-11-2;1-2-3;2*1-2/h9,11H,4-7H2,1-3H3,(H,14,15);2H,1H3;2*1-2H3. The highest BCUT2D eigenvalue weighted by molar-refractivity contribution is 5.81. The zero-order valence-electron chi connectivity index (χ0n) is 15.6. The normalized spacial score (nSPS) is 9.45. The lowest BCUT2D eigenvalue weighted by Gasteiger charge is -2.23. The van der Waals surface area contributed by atoms with Gasteiger partial charge in [-0.2, -0.15) is 0 Å². The van der Waals surface area contributed by atoms with Crippen LogP contribution in [-0.2, 0) is 14.4 Å². The summed E-state index contributed by atoms with van der Waals surface area (Å²) in [5, 5.41) is 11.9. The Balaban J connectivity index is -0.000000198. The maximum atomic E-state index is 11.0. The van der Waals surface area contributed by atoms with Crippen molar-refractivity contribution in [2.24, 2.45) is 0 Å². The van der Waals surface area contributed by atoms with Gasteiger partial charge in [-0.1, -0.05) is 27.7 Å². The van der Waals surface area contributed by atoms with E-state index >= 15 is 0 Å². The number of aliphatic carboxylic acids is 1.